The molecule has 2 heterocycles. The van der Waals surface area contributed by atoms with Crippen molar-refractivity contribution in [1.82, 2.24) is 15.2 Å². The van der Waals surface area contributed by atoms with E-state index in [1.54, 1.807) is 11.3 Å². The molecular weight excluding hydrogens is 218 g/mol. The summed E-state index contributed by atoms with van der Waals surface area (Å²) in [7, 11) is 2.20. The lowest BCUT2D eigenvalue weighted by Gasteiger charge is -2.33. The van der Waals surface area contributed by atoms with Crippen molar-refractivity contribution in [2.24, 2.45) is 0 Å². The summed E-state index contributed by atoms with van der Waals surface area (Å²) in [6.07, 6.45) is 0. The zero-order chi connectivity index (χ0) is 11.0. The minimum Gasteiger partial charge on any atom is -0.314 e. The van der Waals surface area contributed by atoms with Crippen LogP contribution in [0.4, 0.5) is 0 Å². The van der Waals surface area contributed by atoms with Crippen LogP contribution in [0.2, 0.25) is 0 Å². The van der Waals surface area contributed by atoms with Gasteiger partial charge in [-0.3, -0.25) is 4.90 Å². The molecule has 84 valence electrons. The van der Waals surface area contributed by atoms with Crippen LogP contribution in [0.25, 0.3) is 10.2 Å². The first-order valence-electron chi connectivity index (χ1n) is 5.59. The number of hydrogen-bond acceptors (Lipinski definition) is 4. The van der Waals surface area contributed by atoms with Crippen LogP contribution in [-0.4, -0.2) is 36.6 Å². The Morgan fingerprint density at radius 2 is 2.44 bits per heavy atom. The highest BCUT2D eigenvalue weighted by atomic mass is 32.1. The lowest BCUT2D eigenvalue weighted by atomic mass is 10.0. The van der Waals surface area contributed by atoms with E-state index in [0.717, 1.165) is 25.2 Å². The minimum absolute atomic E-state index is 0.500. The number of aromatic nitrogens is 1. The zero-order valence-electron chi connectivity index (χ0n) is 9.31. The fourth-order valence-corrected chi connectivity index (χ4v) is 2.98. The summed E-state index contributed by atoms with van der Waals surface area (Å²) in [4.78, 5) is 6.73. The molecule has 16 heavy (non-hydrogen) atoms. The third-order valence-electron chi connectivity index (χ3n) is 3.25. The molecule has 0 bridgehead atoms. The molecule has 0 radical (unpaired) electrons. The van der Waals surface area contributed by atoms with Crippen LogP contribution in [0.5, 0.6) is 0 Å². The van der Waals surface area contributed by atoms with Gasteiger partial charge in [0.15, 0.2) is 0 Å². The number of hydrogen-bond donors (Lipinski definition) is 1. The van der Waals surface area contributed by atoms with Gasteiger partial charge in [0.2, 0.25) is 0 Å². The van der Waals surface area contributed by atoms with Gasteiger partial charge < -0.3 is 5.32 Å². The Labute approximate surface area is 99.1 Å². The molecule has 1 N–H and O–H groups in total. The summed E-state index contributed by atoms with van der Waals surface area (Å²) in [5.74, 6) is 0. The predicted molar refractivity (Wildman–Crippen MR) is 67.9 cm³/mol. The number of benzene rings is 1. The van der Waals surface area contributed by atoms with E-state index in [0.29, 0.717) is 6.04 Å². The molecule has 3 nitrogen and oxygen atoms in total. The Morgan fingerprint density at radius 1 is 1.50 bits per heavy atom. The van der Waals surface area contributed by atoms with Gasteiger partial charge >= 0.3 is 0 Å². The van der Waals surface area contributed by atoms with Crippen LogP contribution < -0.4 is 5.32 Å². The van der Waals surface area contributed by atoms with Crippen molar-refractivity contribution in [2.75, 3.05) is 26.7 Å². The van der Waals surface area contributed by atoms with Gasteiger partial charge in [-0.1, -0.05) is 6.07 Å². The maximum Gasteiger partial charge on any atom is 0.0812 e. The van der Waals surface area contributed by atoms with Crippen molar-refractivity contribution in [3.8, 4) is 0 Å². The first kappa shape index (κ1) is 10.2. The number of thiazole rings is 1. The largest absolute Gasteiger partial charge is 0.314 e. The maximum absolute atomic E-state index is 4.31. The molecule has 1 aliphatic rings. The molecule has 0 spiro atoms. The summed E-state index contributed by atoms with van der Waals surface area (Å²) in [6.45, 7) is 3.25. The molecule has 1 aliphatic heterocycles. The molecule has 0 saturated carbocycles. The number of fused-ring (bicyclic) bond motifs is 1. The topological polar surface area (TPSA) is 28.2 Å². The molecule has 2 aromatic rings. The standard InChI is InChI=1S/C12H15N3S/c1-15-5-4-13-7-11(15)9-2-3-10-12(6-9)16-8-14-10/h2-3,6,8,11,13H,4-5,7H2,1H3. The zero-order valence-corrected chi connectivity index (χ0v) is 10.1. The summed E-state index contributed by atoms with van der Waals surface area (Å²) in [5.41, 5.74) is 4.42. The van der Waals surface area contributed by atoms with Crippen molar-refractivity contribution < 1.29 is 0 Å². The molecule has 1 saturated heterocycles. The molecule has 0 amide bonds. The first-order chi connectivity index (χ1) is 7.84. The van der Waals surface area contributed by atoms with Crippen LogP contribution in [0.15, 0.2) is 23.7 Å². The fraction of sp³-hybridized carbons (Fsp3) is 0.417. The van der Waals surface area contributed by atoms with Crippen LogP contribution in [0, 0.1) is 0 Å². The first-order valence-corrected chi connectivity index (χ1v) is 6.46. The average molecular weight is 233 g/mol. The van der Waals surface area contributed by atoms with E-state index in [1.807, 2.05) is 5.51 Å². The normalized spacial score (nSPS) is 22.7. The smallest absolute Gasteiger partial charge is 0.0812 e. The van der Waals surface area contributed by atoms with Gasteiger partial charge in [-0.15, -0.1) is 11.3 Å². The second-order valence-electron chi connectivity index (χ2n) is 4.28. The highest BCUT2D eigenvalue weighted by Crippen LogP contribution is 2.26. The number of likely N-dealkylation sites (N-methyl/N-ethyl adjacent to an activating group) is 1. The van der Waals surface area contributed by atoms with E-state index in [-0.39, 0.29) is 0 Å². The second-order valence-corrected chi connectivity index (χ2v) is 5.17. The van der Waals surface area contributed by atoms with Gasteiger partial charge in [-0.2, -0.15) is 0 Å². The molecule has 1 atom stereocenters. The van der Waals surface area contributed by atoms with Gasteiger partial charge in [-0.25, -0.2) is 4.98 Å². The number of piperazine rings is 1. The Kier molecular flexibility index (Phi) is 2.63. The van der Waals surface area contributed by atoms with Gasteiger partial charge in [-0.05, 0) is 24.7 Å². The number of rotatable bonds is 1. The number of nitrogens with zero attached hydrogens (tertiary/aromatic N) is 2. The molecule has 1 aromatic heterocycles. The van der Waals surface area contributed by atoms with Crippen molar-refractivity contribution in [3.63, 3.8) is 0 Å². The molecule has 3 rings (SSSR count). The highest BCUT2D eigenvalue weighted by molar-refractivity contribution is 7.16. The van der Waals surface area contributed by atoms with Crippen LogP contribution in [-0.2, 0) is 0 Å². The van der Waals surface area contributed by atoms with Gasteiger partial charge in [0.05, 0.1) is 15.7 Å². The number of nitrogens with one attached hydrogen (secondary N) is 1. The van der Waals surface area contributed by atoms with Crippen molar-refractivity contribution in [1.29, 1.82) is 0 Å². The van der Waals surface area contributed by atoms with E-state index >= 15 is 0 Å². The van der Waals surface area contributed by atoms with Crippen LogP contribution in [0.1, 0.15) is 11.6 Å². The Balaban J connectivity index is 1.97. The summed E-state index contributed by atoms with van der Waals surface area (Å²) >= 11 is 1.72. The predicted octanol–water partition coefficient (Wildman–Crippen LogP) is 1.87. The SMILES string of the molecule is CN1CCNCC1c1ccc2ncsc2c1. The maximum atomic E-state index is 4.31. The molecular formula is C12H15N3S. The summed E-state index contributed by atoms with van der Waals surface area (Å²) in [5, 5.41) is 3.45. The molecule has 1 unspecified atom stereocenters. The average Bonchev–Trinajstić information content (AvgIpc) is 2.76. The Hall–Kier alpha value is -0.970. The van der Waals surface area contributed by atoms with Crippen LogP contribution in [0.3, 0.4) is 0 Å². The van der Waals surface area contributed by atoms with Gasteiger partial charge in [0.25, 0.3) is 0 Å². The van der Waals surface area contributed by atoms with Crippen molar-refractivity contribution in [2.45, 2.75) is 6.04 Å². The second kappa shape index (κ2) is 4.13. The monoisotopic (exact) mass is 233 g/mol. The van der Waals surface area contributed by atoms with E-state index in [9.17, 15) is 0 Å². The van der Waals surface area contributed by atoms with Crippen molar-refractivity contribution in [3.05, 3.63) is 29.3 Å². The highest BCUT2D eigenvalue weighted by Gasteiger charge is 2.20. The molecule has 0 aliphatic carbocycles. The Bertz CT molecular complexity index is 494. The van der Waals surface area contributed by atoms with Crippen molar-refractivity contribution >= 4 is 21.6 Å². The lowest BCUT2D eigenvalue weighted by molar-refractivity contribution is 0.202. The molecule has 1 aromatic carbocycles. The Morgan fingerprint density at radius 3 is 3.31 bits per heavy atom. The van der Waals surface area contributed by atoms with Crippen LogP contribution >= 0.6 is 11.3 Å². The summed E-state index contributed by atoms with van der Waals surface area (Å²) in [6, 6.07) is 7.11. The minimum atomic E-state index is 0.500. The lowest BCUT2D eigenvalue weighted by Crippen LogP contribution is -2.43. The third kappa shape index (κ3) is 1.73. The van der Waals surface area contributed by atoms with Gasteiger partial charge in [0.1, 0.15) is 0 Å². The molecule has 4 heteroatoms. The van der Waals surface area contributed by atoms with Gasteiger partial charge in [0, 0.05) is 25.7 Å². The quantitative estimate of drug-likeness (QED) is 0.815. The fourth-order valence-electron chi connectivity index (χ4n) is 2.26. The summed E-state index contributed by atoms with van der Waals surface area (Å²) < 4.78 is 1.29. The van der Waals surface area contributed by atoms with E-state index in [1.165, 1.54) is 10.3 Å². The van der Waals surface area contributed by atoms with E-state index in [4.69, 9.17) is 0 Å². The van der Waals surface area contributed by atoms with E-state index in [2.05, 4.69) is 40.4 Å². The van der Waals surface area contributed by atoms with E-state index < -0.39 is 0 Å². The third-order valence-corrected chi connectivity index (χ3v) is 4.04. The molecule has 1 fully saturated rings.